The van der Waals surface area contributed by atoms with E-state index < -0.39 is 5.91 Å². The van der Waals surface area contributed by atoms with Crippen molar-refractivity contribution in [3.8, 4) is 11.8 Å². The van der Waals surface area contributed by atoms with Crippen molar-refractivity contribution < 1.29 is 14.6 Å². The molecule has 2 N–H and O–H groups in total. The predicted octanol–water partition coefficient (Wildman–Crippen LogP) is 4.04. The summed E-state index contributed by atoms with van der Waals surface area (Å²) < 4.78 is 5.39. The van der Waals surface area contributed by atoms with Crippen LogP contribution in [0.4, 0.5) is 11.4 Å². The number of carbonyl (C=O) groups is 1. The largest absolute Gasteiger partial charge is 0.507 e. The minimum absolute atomic E-state index is 0.0395. The van der Waals surface area contributed by atoms with E-state index in [1.807, 2.05) is 12.1 Å². The summed E-state index contributed by atoms with van der Waals surface area (Å²) in [6, 6.07) is 10.7. The number of carbonyl (C=O) groups excluding carboxylic acids is 1. The number of aryl methyl sites for hydroxylation is 2. The van der Waals surface area contributed by atoms with Crippen molar-refractivity contribution >= 4 is 35.0 Å². The number of nitriles is 1. The first kappa shape index (κ1) is 20.7. The predicted molar refractivity (Wildman–Crippen MR) is 114 cm³/mol. The number of nitrogens with one attached hydrogen (secondary N) is 1. The SMILES string of the molecule is Cc1cc(/C=C(/C#N)C(=O)Nc2cc(Cl)ccc2N2CCOCC2)cc(C)c1O. The number of aromatic hydroxyl groups is 1. The Balaban J connectivity index is 1.88. The summed E-state index contributed by atoms with van der Waals surface area (Å²) in [5.41, 5.74) is 3.37. The molecule has 0 aromatic heterocycles. The van der Waals surface area contributed by atoms with Crippen molar-refractivity contribution in [1.82, 2.24) is 0 Å². The van der Waals surface area contributed by atoms with E-state index in [0.29, 0.717) is 53.7 Å². The number of amides is 1. The van der Waals surface area contributed by atoms with Crippen LogP contribution in [0.5, 0.6) is 5.75 Å². The maximum atomic E-state index is 12.8. The first-order valence-electron chi connectivity index (χ1n) is 9.24. The zero-order valence-electron chi connectivity index (χ0n) is 16.3. The summed E-state index contributed by atoms with van der Waals surface area (Å²) in [4.78, 5) is 14.9. The number of morpholine rings is 1. The van der Waals surface area contributed by atoms with Crippen LogP contribution < -0.4 is 10.2 Å². The maximum Gasteiger partial charge on any atom is 0.266 e. The Morgan fingerprint density at radius 2 is 1.90 bits per heavy atom. The lowest BCUT2D eigenvalue weighted by Crippen LogP contribution is -2.36. The number of hydrogen-bond donors (Lipinski definition) is 2. The topological polar surface area (TPSA) is 85.6 Å². The molecule has 0 unspecified atom stereocenters. The molecular formula is C22H22ClN3O3. The molecular weight excluding hydrogens is 390 g/mol. The third-order valence-electron chi connectivity index (χ3n) is 4.75. The van der Waals surface area contributed by atoms with Gasteiger partial charge in [0.25, 0.3) is 5.91 Å². The van der Waals surface area contributed by atoms with Crippen LogP contribution in [0.2, 0.25) is 5.02 Å². The van der Waals surface area contributed by atoms with Gasteiger partial charge in [-0.2, -0.15) is 5.26 Å². The average Bonchev–Trinajstić information content (AvgIpc) is 2.70. The molecule has 3 rings (SSSR count). The molecule has 1 aliphatic rings. The summed E-state index contributed by atoms with van der Waals surface area (Å²) in [6.45, 7) is 6.17. The van der Waals surface area contributed by atoms with Gasteiger partial charge in [-0.3, -0.25) is 4.79 Å². The number of ether oxygens (including phenoxy) is 1. The molecule has 2 aromatic carbocycles. The van der Waals surface area contributed by atoms with E-state index in [4.69, 9.17) is 16.3 Å². The van der Waals surface area contributed by atoms with Crippen molar-refractivity contribution in [2.75, 3.05) is 36.5 Å². The highest BCUT2D eigenvalue weighted by Gasteiger charge is 2.18. The third kappa shape index (κ3) is 4.89. The second-order valence-electron chi connectivity index (χ2n) is 6.89. The second kappa shape index (κ2) is 8.99. The highest BCUT2D eigenvalue weighted by Crippen LogP contribution is 2.30. The number of nitrogens with zero attached hydrogens (tertiary/aromatic N) is 2. The van der Waals surface area contributed by atoms with Crippen LogP contribution >= 0.6 is 11.6 Å². The highest BCUT2D eigenvalue weighted by molar-refractivity contribution is 6.31. The Bertz CT molecular complexity index is 982. The summed E-state index contributed by atoms with van der Waals surface area (Å²) in [7, 11) is 0. The molecule has 150 valence electrons. The van der Waals surface area contributed by atoms with E-state index >= 15 is 0 Å². The zero-order valence-corrected chi connectivity index (χ0v) is 17.1. The first-order valence-corrected chi connectivity index (χ1v) is 9.62. The Kier molecular flexibility index (Phi) is 6.42. The molecule has 0 aliphatic carbocycles. The number of rotatable bonds is 4. The molecule has 0 saturated carbocycles. The number of anilines is 2. The maximum absolute atomic E-state index is 12.8. The normalized spacial score (nSPS) is 14.4. The molecule has 1 fully saturated rings. The van der Waals surface area contributed by atoms with Crippen molar-refractivity contribution in [2.24, 2.45) is 0 Å². The van der Waals surface area contributed by atoms with E-state index in [-0.39, 0.29) is 11.3 Å². The highest BCUT2D eigenvalue weighted by atomic mass is 35.5. The van der Waals surface area contributed by atoms with E-state index in [1.54, 1.807) is 38.1 Å². The lowest BCUT2D eigenvalue weighted by molar-refractivity contribution is -0.112. The molecule has 0 bridgehead atoms. The minimum atomic E-state index is -0.521. The number of phenols is 1. The van der Waals surface area contributed by atoms with Crippen LogP contribution in [0.1, 0.15) is 16.7 Å². The van der Waals surface area contributed by atoms with Gasteiger partial charge >= 0.3 is 0 Å². The molecule has 0 spiro atoms. The fourth-order valence-electron chi connectivity index (χ4n) is 3.27. The van der Waals surface area contributed by atoms with Crippen LogP contribution in [0.15, 0.2) is 35.9 Å². The zero-order chi connectivity index (χ0) is 21.0. The molecule has 7 heteroatoms. The molecule has 1 heterocycles. The number of halogens is 1. The van der Waals surface area contributed by atoms with Crippen molar-refractivity contribution in [3.05, 3.63) is 57.6 Å². The van der Waals surface area contributed by atoms with Crippen LogP contribution in [-0.4, -0.2) is 37.3 Å². The number of phenolic OH excluding ortho intramolecular Hbond substituents is 1. The van der Waals surface area contributed by atoms with Crippen LogP contribution in [-0.2, 0) is 9.53 Å². The van der Waals surface area contributed by atoms with Gasteiger partial charge in [0.2, 0.25) is 0 Å². The Morgan fingerprint density at radius 3 is 2.52 bits per heavy atom. The van der Waals surface area contributed by atoms with E-state index in [9.17, 15) is 15.2 Å². The fourth-order valence-corrected chi connectivity index (χ4v) is 3.44. The molecule has 1 aliphatic heterocycles. The Labute approximate surface area is 175 Å². The summed E-state index contributed by atoms with van der Waals surface area (Å²) in [5.74, 6) is -0.313. The fraction of sp³-hybridized carbons (Fsp3) is 0.273. The van der Waals surface area contributed by atoms with Gasteiger partial charge in [0, 0.05) is 18.1 Å². The third-order valence-corrected chi connectivity index (χ3v) is 4.98. The van der Waals surface area contributed by atoms with E-state index in [0.717, 1.165) is 5.69 Å². The lowest BCUT2D eigenvalue weighted by Gasteiger charge is -2.30. The summed E-state index contributed by atoms with van der Waals surface area (Å²) >= 11 is 6.13. The van der Waals surface area contributed by atoms with Crippen LogP contribution in [0.3, 0.4) is 0 Å². The van der Waals surface area contributed by atoms with Crippen LogP contribution in [0.25, 0.3) is 6.08 Å². The Hall–Kier alpha value is -3.01. The molecule has 29 heavy (non-hydrogen) atoms. The molecule has 0 atom stereocenters. The lowest BCUT2D eigenvalue weighted by atomic mass is 10.0. The van der Waals surface area contributed by atoms with Gasteiger partial charge in [0.05, 0.1) is 24.6 Å². The molecule has 0 radical (unpaired) electrons. The Morgan fingerprint density at radius 1 is 1.24 bits per heavy atom. The smallest absolute Gasteiger partial charge is 0.266 e. The van der Waals surface area contributed by atoms with Crippen molar-refractivity contribution in [3.63, 3.8) is 0 Å². The monoisotopic (exact) mass is 411 g/mol. The summed E-state index contributed by atoms with van der Waals surface area (Å²) in [6.07, 6.45) is 1.51. The first-order chi connectivity index (χ1) is 13.9. The van der Waals surface area contributed by atoms with Crippen molar-refractivity contribution in [2.45, 2.75) is 13.8 Å². The summed E-state index contributed by atoms with van der Waals surface area (Å²) in [5, 5.41) is 22.7. The van der Waals surface area contributed by atoms with Gasteiger partial charge in [-0.25, -0.2) is 0 Å². The van der Waals surface area contributed by atoms with E-state index in [2.05, 4.69) is 10.2 Å². The van der Waals surface area contributed by atoms with Crippen molar-refractivity contribution in [1.29, 1.82) is 5.26 Å². The average molecular weight is 412 g/mol. The van der Waals surface area contributed by atoms with Gasteiger partial charge in [-0.1, -0.05) is 11.6 Å². The molecule has 1 saturated heterocycles. The van der Waals surface area contributed by atoms with Crippen LogP contribution in [0, 0.1) is 25.2 Å². The standard InChI is InChI=1S/C22H22ClN3O3/c1-14-9-16(10-15(2)21(14)27)11-17(13-24)22(28)25-19-12-18(23)3-4-20(19)26-5-7-29-8-6-26/h3-4,9-12,27H,5-8H2,1-2H3,(H,25,28)/b17-11-. The molecule has 6 nitrogen and oxygen atoms in total. The molecule has 1 amide bonds. The van der Waals surface area contributed by atoms with Gasteiger partial charge in [0.1, 0.15) is 17.4 Å². The number of benzene rings is 2. The quantitative estimate of drug-likeness (QED) is 0.585. The van der Waals surface area contributed by atoms with Gasteiger partial charge in [-0.15, -0.1) is 0 Å². The van der Waals surface area contributed by atoms with Gasteiger partial charge < -0.3 is 20.1 Å². The van der Waals surface area contributed by atoms with Gasteiger partial charge in [0.15, 0.2) is 0 Å². The second-order valence-corrected chi connectivity index (χ2v) is 7.32. The van der Waals surface area contributed by atoms with Gasteiger partial charge in [-0.05, 0) is 66.9 Å². The minimum Gasteiger partial charge on any atom is -0.507 e. The molecule has 2 aromatic rings. The van der Waals surface area contributed by atoms with E-state index in [1.165, 1.54) is 6.08 Å². The number of hydrogen-bond acceptors (Lipinski definition) is 5.